The lowest BCUT2D eigenvalue weighted by molar-refractivity contribution is -0.182. The van der Waals surface area contributed by atoms with Crippen LogP contribution in [-0.4, -0.2) is 44.9 Å². The number of rotatable bonds is 3. The molecule has 1 aromatic rings. The van der Waals surface area contributed by atoms with Crippen LogP contribution >= 0.6 is 0 Å². The monoisotopic (exact) mass is 509 g/mol. The molecular formula is C29H35NO7. The minimum Gasteiger partial charge on any atom is -0.507 e. The Bertz CT molecular complexity index is 1280. The standard InChI is InChI=1S/C29H35NO7/c1-11(2)14-10-17(28(5,6)7)22(31)20-15(14)8-13-9-16-18(12(3)4)23(32)21(27(30)36)26(35)29(16,37)25(34)19(13)24(20)33/h10,12-13,16,18-19,21,31,37H,1,8-9H2,2-7H3,(H2,30,36)/t13-,16-,18-,19?,21?,29-/m0/s1. The van der Waals surface area contributed by atoms with Crippen molar-refractivity contribution in [3.63, 3.8) is 0 Å². The van der Waals surface area contributed by atoms with Crippen molar-refractivity contribution in [2.75, 3.05) is 0 Å². The fraction of sp³-hybridized carbons (Fsp3) is 0.552. The zero-order chi connectivity index (χ0) is 27.9. The molecule has 0 radical (unpaired) electrons. The molecule has 1 aromatic carbocycles. The summed E-state index contributed by atoms with van der Waals surface area (Å²) in [5, 5.41) is 22.9. The molecule has 0 spiro atoms. The number of carbonyl (C=O) groups excluding carboxylic acids is 5. The van der Waals surface area contributed by atoms with E-state index in [0.717, 1.165) is 0 Å². The second kappa shape index (κ2) is 8.45. The molecule has 2 saturated carbocycles. The molecule has 37 heavy (non-hydrogen) atoms. The Morgan fingerprint density at radius 1 is 1.16 bits per heavy atom. The minimum atomic E-state index is -2.69. The van der Waals surface area contributed by atoms with Gasteiger partial charge in [-0.05, 0) is 54.2 Å². The highest BCUT2D eigenvalue weighted by Crippen LogP contribution is 2.54. The summed E-state index contributed by atoms with van der Waals surface area (Å²) in [5.41, 5.74) is 4.66. The van der Waals surface area contributed by atoms with Gasteiger partial charge in [-0.3, -0.25) is 24.0 Å². The molecule has 4 rings (SSSR count). The fourth-order valence-corrected chi connectivity index (χ4v) is 6.87. The lowest BCUT2D eigenvalue weighted by Gasteiger charge is -2.52. The van der Waals surface area contributed by atoms with Gasteiger partial charge in [0.05, 0.1) is 11.5 Å². The van der Waals surface area contributed by atoms with Crippen molar-refractivity contribution in [1.82, 2.24) is 0 Å². The number of fused-ring (bicyclic) bond motifs is 3. The average Bonchev–Trinajstić information content (AvgIpc) is 2.74. The van der Waals surface area contributed by atoms with Gasteiger partial charge in [-0.15, -0.1) is 0 Å². The highest BCUT2D eigenvalue weighted by molar-refractivity contribution is 6.32. The van der Waals surface area contributed by atoms with E-state index in [1.54, 1.807) is 20.8 Å². The summed E-state index contributed by atoms with van der Waals surface area (Å²) in [5.74, 6) is -11.4. The second-order valence-electron chi connectivity index (χ2n) is 12.4. The zero-order valence-electron chi connectivity index (χ0n) is 22.2. The van der Waals surface area contributed by atoms with Crippen LogP contribution in [0, 0.1) is 35.5 Å². The Hall–Kier alpha value is -3.13. The van der Waals surface area contributed by atoms with Crippen LogP contribution in [0.4, 0.5) is 0 Å². The summed E-state index contributed by atoms with van der Waals surface area (Å²) in [6.07, 6.45) is 0.290. The number of nitrogens with two attached hydrogens (primary N) is 1. The van der Waals surface area contributed by atoms with Crippen LogP contribution in [0.2, 0.25) is 0 Å². The van der Waals surface area contributed by atoms with Crippen molar-refractivity contribution in [2.24, 2.45) is 41.2 Å². The van der Waals surface area contributed by atoms with Gasteiger partial charge in [-0.25, -0.2) is 0 Å². The SMILES string of the molecule is C=C(C)c1cc(C(C)(C)C)c(O)c2c1C[C@H]1C[C@H]3[C@H](C(C)C)C(=O)C(C(N)=O)C(=O)[C@@]3(O)C(=O)C1C2=O. The Balaban J connectivity index is 1.94. The van der Waals surface area contributed by atoms with Gasteiger partial charge in [-0.2, -0.15) is 0 Å². The first kappa shape index (κ1) is 26.9. The third-order valence-electron chi connectivity index (χ3n) is 8.58. The van der Waals surface area contributed by atoms with Gasteiger partial charge >= 0.3 is 0 Å². The molecule has 1 amide bonds. The van der Waals surface area contributed by atoms with E-state index >= 15 is 0 Å². The molecule has 3 aliphatic carbocycles. The van der Waals surface area contributed by atoms with Gasteiger partial charge < -0.3 is 15.9 Å². The molecule has 6 atom stereocenters. The van der Waals surface area contributed by atoms with E-state index < -0.39 is 69.6 Å². The van der Waals surface area contributed by atoms with Crippen molar-refractivity contribution in [1.29, 1.82) is 0 Å². The second-order valence-corrected chi connectivity index (χ2v) is 12.4. The predicted molar refractivity (Wildman–Crippen MR) is 136 cm³/mol. The molecule has 4 N–H and O–H groups in total. The minimum absolute atomic E-state index is 0.00766. The molecular weight excluding hydrogens is 474 g/mol. The number of amides is 1. The summed E-state index contributed by atoms with van der Waals surface area (Å²) in [6, 6.07) is 1.83. The van der Waals surface area contributed by atoms with E-state index in [2.05, 4.69) is 6.58 Å². The van der Waals surface area contributed by atoms with Gasteiger partial charge in [0.2, 0.25) is 5.91 Å². The van der Waals surface area contributed by atoms with E-state index in [1.807, 2.05) is 26.8 Å². The smallest absolute Gasteiger partial charge is 0.235 e. The third-order valence-corrected chi connectivity index (χ3v) is 8.58. The highest BCUT2D eigenvalue weighted by atomic mass is 16.3. The van der Waals surface area contributed by atoms with E-state index in [-0.39, 0.29) is 30.1 Å². The number of aliphatic hydroxyl groups is 1. The molecule has 8 nitrogen and oxygen atoms in total. The average molecular weight is 510 g/mol. The molecule has 0 heterocycles. The largest absolute Gasteiger partial charge is 0.507 e. The van der Waals surface area contributed by atoms with E-state index in [0.29, 0.717) is 22.3 Å². The lowest BCUT2D eigenvalue weighted by Crippen LogP contribution is -2.71. The summed E-state index contributed by atoms with van der Waals surface area (Å²) in [6.45, 7) is 15.0. The van der Waals surface area contributed by atoms with Crippen molar-refractivity contribution in [3.8, 4) is 5.75 Å². The number of phenolic OH excluding ortho intramolecular Hbond substituents is 1. The Morgan fingerprint density at radius 3 is 2.24 bits per heavy atom. The third kappa shape index (κ3) is 3.63. The molecule has 198 valence electrons. The van der Waals surface area contributed by atoms with E-state index in [9.17, 15) is 34.2 Å². The maximum atomic E-state index is 14.0. The highest BCUT2D eigenvalue weighted by Gasteiger charge is 2.69. The number of benzene rings is 1. The zero-order valence-corrected chi connectivity index (χ0v) is 22.2. The van der Waals surface area contributed by atoms with E-state index in [4.69, 9.17) is 5.73 Å². The quantitative estimate of drug-likeness (QED) is 0.530. The van der Waals surface area contributed by atoms with Crippen molar-refractivity contribution < 1.29 is 34.2 Å². The summed E-state index contributed by atoms with van der Waals surface area (Å²) < 4.78 is 0. The van der Waals surface area contributed by atoms with Gasteiger partial charge in [0.15, 0.2) is 34.7 Å². The van der Waals surface area contributed by atoms with Crippen molar-refractivity contribution in [3.05, 3.63) is 34.9 Å². The van der Waals surface area contributed by atoms with Crippen LogP contribution in [0.25, 0.3) is 5.57 Å². The molecule has 0 bridgehead atoms. The Labute approximate surface area is 216 Å². The molecule has 0 aromatic heterocycles. The molecule has 2 fully saturated rings. The van der Waals surface area contributed by atoms with Crippen LogP contribution in [0.5, 0.6) is 5.75 Å². The number of hydrogen-bond acceptors (Lipinski definition) is 7. The number of ketones is 4. The number of primary amides is 1. The van der Waals surface area contributed by atoms with Crippen LogP contribution in [0.3, 0.4) is 0 Å². The summed E-state index contributed by atoms with van der Waals surface area (Å²) in [7, 11) is 0. The van der Waals surface area contributed by atoms with Gasteiger partial charge in [0.25, 0.3) is 0 Å². The van der Waals surface area contributed by atoms with Crippen molar-refractivity contribution >= 4 is 34.6 Å². The van der Waals surface area contributed by atoms with E-state index in [1.165, 1.54) is 0 Å². The maximum Gasteiger partial charge on any atom is 0.235 e. The first-order chi connectivity index (χ1) is 17.0. The molecule has 3 aliphatic rings. The number of allylic oxidation sites excluding steroid dienone is 1. The summed E-state index contributed by atoms with van der Waals surface area (Å²) in [4.78, 5) is 66.6. The van der Waals surface area contributed by atoms with Crippen molar-refractivity contribution in [2.45, 2.75) is 65.4 Å². The lowest BCUT2D eigenvalue weighted by atomic mass is 9.49. The fourth-order valence-electron chi connectivity index (χ4n) is 6.87. The van der Waals surface area contributed by atoms with Crippen LogP contribution in [-0.2, 0) is 31.0 Å². The van der Waals surface area contributed by atoms with Gasteiger partial charge in [0, 0.05) is 17.4 Å². The molecule has 2 unspecified atom stereocenters. The number of phenols is 1. The first-order valence-corrected chi connectivity index (χ1v) is 12.7. The number of carbonyl (C=O) groups is 5. The summed E-state index contributed by atoms with van der Waals surface area (Å²) >= 11 is 0. The number of Topliss-reactive ketones (excluding diaryl/α,β-unsaturated/α-hetero) is 4. The molecule has 0 aliphatic heterocycles. The van der Waals surface area contributed by atoms with Crippen LogP contribution in [0.15, 0.2) is 12.6 Å². The predicted octanol–water partition coefficient (Wildman–Crippen LogP) is 2.54. The Morgan fingerprint density at radius 2 is 1.76 bits per heavy atom. The van der Waals surface area contributed by atoms with Crippen LogP contribution < -0.4 is 5.73 Å². The van der Waals surface area contributed by atoms with Gasteiger partial charge in [0.1, 0.15) is 5.75 Å². The maximum absolute atomic E-state index is 14.0. The topological polar surface area (TPSA) is 152 Å². The Kier molecular flexibility index (Phi) is 6.15. The molecule has 8 heteroatoms. The molecule has 0 saturated heterocycles. The normalized spacial score (nSPS) is 31.6. The number of aromatic hydroxyl groups is 1. The van der Waals surface area contributed by atoms with Gasteiger partial charge in [-0.1, -0.05) is 46.8 Å². The first-order valence-electron chi connectivity index (χ1n) is 12.7. The number of hydrogen-bond donors (Lipinski definition) is 3. The van der Waals surface area contributed by atoms with Crippen LogP contribution in [0.1, 0.15) is 75.0 Å².